The zero-order chi connectivity index (χ0) is 18.0. The van der Waals surface area contributed by atoms with Crippen LogP contribution in [0.4, 0.5) is 0 Å². The highest BCUT2D eigenvalue weighted by atomic mass is 16.6. The van der Waals surface area contributed by atoms with Crippen LogP contribution in [0.3, 0.4) is 0 Å². The quantitative estimate of drug-likeness (QED) is 0.238. The molecule has 0 radical (unpaired) electrons. The highest BCUT2D eigenvalue weighted by Crippen LogP contribution is 1.95. The molecule has 0 saturated heterocycles. The minimum Gasteiger partial charge on any atom is -0.463 e. The third-order valence-electron chi connectivity index (χ3n) is 3.09. The molecule has 0 aliphatic heterocycles. The Morgan fingerprint density at radius 3 is 2.12 bits per heavy atom. The van der Waals surface area contributed by atoms with Crippen molar-refractivity contribution in [2.75, 3.05) is 59.8 Å². The van der Waals surface area contributed by atoms with Gasteiger partial charge in [0.1, 0.15) is 13.2 Å². The molecule has 140 valence electrons. The van der Waals surface area contributed by atoms with Gasteiger partial charge >= 0.3 is 11.9 Å². The van der Waals surface area contributed by atoms with Gasteiger partial charge in [0, 0.05) is 12.6 Å². The Labute approximate surface area is 144 Å². The fourth-order valence-corrected chi connectivity index (χ4v) is 1.69. The highest BCUT2D eigenvalue weighted by Gasteiger charge is 2.05. The molecule has 0 aromatic heterocycles. The van der Waals surface area contributed by atoms with Crippen molar-refractivity contribution in [2.45, 2.75) is 26.2 Å². The number of nitrogens with zero attached hydrogens (tertiary/aromatic N) is 1. The monoisotopic (exact) mass is 345 g/mol. The number of carbonyl (C=O) groups is 2. The van der Waals surface area contributed by atoms with Crippen LogP contribution < -0.4 is 0 Å². The Morgan fingerprint density at radius 1 is 0.958 bits per heavy atom. The van der Waals surface area contributed by atoms with Gasteiger partial charge in [0.25, 0.3) is 0 Å². The molecule has 7 nitrogen and oxygen atoms in total. The summed E-state index contributed by atoms with van der Waals surface area (Å²) in [6.45, 7) is 9.01. The minimum atomic E-state index is -0.465. The number of carbonyl (C=O) groups excluding carboxylic acids is 2. The normalized spacial score (nSPS) is 10.6. The van der Waals surface area contributed by atoms with E-state index < -0.39 is 5.97 Å². The topological polar surface area (TPSA) is 74.3 Å². The molecule has 0 rings (SSSR count). The van der Waals surface area contributed by atoms with Gasteiger partial charge in [-0.2, -0.15) is 0 Å². The van der Waals surface area contributed by atoms with Gasteiger partial charge in [-0.3, -0.25) is 4.79 Å². The van der Waals surface area contributed by atoms with E-state index in [1.165, 1.54) is 0 Å². The van der Waals surface area contributed by atoms with E-state index >= 15 is 0 Å². The predicted octanol–water partition coefficient (Wildman–Crippen LogP) is 1.41. The SMILES string of the molecule is C=CC(=O)OCCOCCOCCOC(=O)CCN(C)CCCC. The number of unbranched alkanes of at least 4 members (excludes halogenated alkanes) is 1. The molecule has 0 bridgehead atoms. The lowest BCUT2D eigenvalue weighted by Gasteiger charge is -2.15. The van der Waals surface area contributed by atoms with Crippen LogP contribution in [0, 0.1) is 0 Å². The van der Waals surface area contributed by atoms with Crippen molar-refractivity contribution in [3.8, 4) is 0 Å². The average molecular weight is 345 g/mol. The zero-order valence-electron chi connectivity index (χ0n) is 15.0. The summed E-state index contributed by atoms with van der Waals surface area (Å²) in [5.74, 6) is -0.671. The van der Waals surface area contributed by atoms with E-state index in [1.54, 1.807) is 0 Å². The van der Waals surface area contributed by atoms with Gasteiger partial charge in [-0.15, -0.1) is 0 Å². The maximum atomic E-state index is 11.5. The molecule has 0 fully saturated rings. The number of rotatable bonds is 16. The smallest absolute Gasteiger partial charge is 0.330 e. The first-order valence-electron chi connectivity index (χ1n) is 8.39. The van der Waals surface area contributed by atoms with E-state index in [0.717, 1.165) is 25.5 Å². The maximum absolute atomic E-state index is 11.5. The summed E-state index contributed by atoms with van der Waals surface area (Å²) in [7, 11) is 2.00. The number of hydrogen-bond acceptors (Lipinski definition) is 7. The van der Waals surface area contributed by atoms with Crippen LogP contribution >= 0.6 is 0 Å². The summed E-state index contributed by atoms with van der Waals surface area (Å²) < 4.78 is 20.3. The summed E-state index contributed by atoms with van der Waals surface area (Å²) in [6.07, 6.45) is 3.79. The van der Waals surface area contributed by atoms with Crippen LogP contribution in [0.1, 0.15) is 26.2 Å². The fraction of sp³-hybridized carbons (Fsp3) is 0.765. The molecule has 0 heterocycles. The number of esters is 2. The maximum Gasteiger partial charge on any atom is 0.330 e. The van der Waals surface area contributed by atoms with Crippen molar-refractivity contribution in [3.05, 3.63) is 12.7 Å². The Kier molecular flexibility index (Phi) is 15.4. The van der Waals surface area contributed by atoms with Gasteiger partial charge in [-0.05, 0) is 20.0 Å². The van der Waals surface area contributed by atoms with Crippen LogP contribution in [0.15, 0.2) is 12.7 Å². The standard InChI is InChI=1S/C17H31NO6/c1-4-6-8-18(3)9-7-17(20)24-15-13-22-11-10-21-12-14-23-16(19)5-2/h5H,2,4,6-15H2,1,3H3. The molecular formula is C17H31NO6. The van der Waals surface area contributed by atoms with Crippen LogP contribution in [0.5, 0.6) is 0 Å². The van der Waals surface area contributed by atoms with Crippen LogP contribution in [-0.4, -0.2) is 76.6 Å². The Hall–Kier alpha value is -1.44. The van der Waals surface area contributed by atoms with E-state index in [9.17, 15) is 9.59 Å². The summed E-state index contributed by atoms with van der Waals surface area (Å²) >= 11 is 0. The number of ether oxygens (including phenoxy) is 4. The second-order valence-corrected chi connectivity index (χ2v) is 5.22. The van der Waals surface area contributed by atoms with Gasteiger partial charge in [0.15, 0.2) is 0 Å². The summed E-state index contributed by atoms with van der Waals surface area (Å²) in [5.41, 5.74) is 0. The molecule has 0 amide bonds. The lowest BCUT2D eigenvalue weighted by Crippen LogP contribution is -2.24. The lowest BCUT2D eigenvalue weighted by atomic mass is 10.3. The first kappa shape index (κ1) is 22.6. The third-order valence-corrected chi connectivity index (χ3v) is 3.09. The molecular weight excluding hydrogens is 314 g/mol. The van der Waals surface area contributed by atoms with E-state index in [4.69, 9.17) is 18.9 Å². The molecule has 0 aliphatic rings. The Bertz CT molecular complexity index is 348. The van der Waals surface area contributed by atoms with Crippen molar-refractivity contribution < 1.29 is 28.5 Å². The lowest BCUT2D eigenvalue weighted by molar-refractivity contribution is -0.146. The van der Waals surface area contributed by atoms with Crippen LogP contribution in [0.2, 0.25) is 0 Å². The third kappa shape index (κ3) is 15.5. The van der Waals surface area contributed by atoms with Gasteiger partial charge in [0.2, 0.25) is 0 Å². The zero-order valence-corrected chi connectivity index (χ0v) is 15.0. The molecule has 0 aromatic carbocycles. The second-order valence-electron chi connectivity index (χ2n) is 5.22. The largest absolute Gasteiger partial charge is 0.463 e. The highest BCUT2D eigenvalue weighted by molar-refractivity contribution is 5.81. The Morgan fingerprint density at radius 2 is 1.54 bits per heavy atom. The van der Waals surface area contributed by atoms with Crippen molar-refractivity contribution >= 4 is 11.9 Å². The van der Waals surface area contributed by atoms with E-state index in [2.05, 4.69) is 18.4 Å². The molecule has 0 unspecified atom stereocenters. The molecule has 0 saturated carbocycles. The van der Waals surface area contributed by atoms with Crippen LogP contribution in [-0.2, 0) is 28.5 Å². The molecule has 0 aromatic rings. The predicted molar refractivity (Wildman–Crippen MR) is 90.8 cm³/mol. The molecule has 7 heteroatoms. The van der Waals surface area contributed by atoms with E-state index in [1.807, 2.05) is 7.05 Å². The fourth-order valence-electron chi connectivity index (χ4n) is 1.69. The van der Waals surface area contributed by atoms with Crippen molar-refractivity contribution in [1.82, 2.24) is 4.90 Å². The molecule has 0 aliphatic carbocycles. The van der Waals surface area contributed by atoms with Crippen LogP contribution in [0.25, 0.3) is 0 Å². The van der Waals surface area contributed by atoms with Gasteiger partial charge in [-0.1, -0.05) is 19.9 Å². The first-order valence-corrected chi connectivity index (χ1v) is 8.39. The summed E-state index contributed by atoms with van der Waals surface area (Å²) in [5, 5.41) is 0. The van der Waals surface area contributed by atoms with E-state index in [0.29, 0.717) is 39.4 Å². The molecule has 24 heavy (non-hydrogen) atoms. The number of hydrogen-bond donors (Lipinski definition) is 0. The second kappa shape index (κ2) is 16.4. The van der Waals surface area contributed by atoms with Gasteiger partial charge in [-0.25, -0.2) is 4.79 Å². The summed E-state index contributed by atoms with van der Waals surface area (Å²) in [4.78, 5) is 24.4. The van der Waals surface area contributed by atoms with E-state index in [-0.39, 0.29) is 19.2 Å². The van der Waals surface area contributed by atoms with Crippen molar-refractivity contribution in [1.29, 1.82) is 0 Å². The van der Waals surface area contributed by atoms with Crippen molar-refractivity contribution in [3.63, 3.8) is 0 Å². The molecule has 0 N–H and O–H groups in total. The van der Waals surface area contributed by atoms with Gasteiger partial charge < -0.3 is 23.8 Å². The summed E-state index contributed by atoms with van der Waals surface area (Å²) in [6, 6.07) is 0. The Balaban J connectivity index is 3.30. The first-order chi connectivity index (χ1) is 11.6. The molecule has 0 spiro atoms. The van der Waals surface area contributed by atoms with Crippen molar-refractivity contribution in [2.24, 2.45) is 0 Å². The molecule has 0 atom stereocenters. The van der Waals surface area contributed by atoms with Gasteiger partial charge in [0.05, 0.1) is 32.8 Å². The average Bonchev–Trinajstić information content (AvgIpc) is 2.59. The minimum absolute atomic E-state index is 0.190.